The van der Waals surface area contributed by atoms with Gasteiger partial charge in [-0.05, 0) is 6.42 Å². The number of carbonyl (C=O) groups is 2. The summed E-state index contributed by atoms with van der Waals surface area (Å²) in [6.07, 6.45) is -0.0540. The van der Waals surface area contributed by atoms with Crippen LogP contribution in [0.5, 0.6) is 0 Å². The third kappa shape index (κ3) is 9.41. The van der Waals surface area contributed by atoms with Crippen molar-refractivity contribution >= 4 is 63.6 Å². The molecule has 0 aromatic carbocycles. The summed E-state index contributed by atoms with van der Waals surface area (Å²) in [6, 6.07) is 0. The molecule has 90 valence electrons. The number of nitrogens with two attached hydrogens (primary N) is 2. The van der Waals surface area contributed by atoms with Crippen molar-refractivity contribution in [3.8, 4) is 0 Å². The quantitative estimate of drug-likeness (QED) is 0.670. The van der Waals surface area contributed by atoms with Gasteiger partial charge in [0.15, 0.2) is 0 Å². The van der Waals surface area contributed by atoms with Crippen molar-refractivity contribution in [3.63, 3.8) is 0 Å². The molecule has 0 unspecified atom stereocenters. The molecule has 0 aliphatic rings. The molecule has 0 bridgehead atoms. The van der Waals surface area contributed by atoms with Crippen LogP contribution in [0.1, 0.15) is 26.7 Å². The van der Waals surface area contributed by atoms with Crippen molar-refractivity contribution in [2.45, 2.75) is 26.7 Å². The summed E-state index contributed by atoms with van der Waals surface area (Å²) < 4.78 is 9.40. The minimum atomic E-state index is -0.837. The van der Waals surface area contributed by atoms with Crippen LogP contribution in [0, 0.1) is 5.41 Å². The Hall–Kier alpha value is 0.176. The fourth-order valence-electron chi connectivity index (χ4n) is 1.28. The summed E-state index contributed by atoms with van der Waals surface area (Å²) in [4.78, 5) is 20.9. The number of carbonyl (C=O) groups excluding carboxylic acids is 2. The molecule has 0 heterocycles. The maximum atomic E-state index is 10.5. The van der Waals surface area contributed by atoms with Crippen LogP contribution in [0.3, 0.4) is 0 Å². The van der Waals surface area contributed by atoms with Gasteiger partial charge in [-0.2, -0.15) is 0 Å². The van der Waals surface area contributed by atoms with Crippen LogP contribution in [0.25, 0.3) is 0 Å². The summed E-state index contributed by atoms with van der Waals surface area (Å²) in [6.45, 7) is 4.04. The zero-order valence-corrected chi connectivity index (χ0v) is 9.12. The topological polar surface area (TPSA) is 105 Å². The maximum absolute atomic E-state index is 10.5. The van der Waals surface area contributed by atoms with Gasteiger partial charge in [0.2, 0.25) is 0 Å². The molecule has 0 atom stereocenters. The molecule has 2 amide bonds. The number of primary amides is 2. The number of ether oxygens (including phenoxy) is 2. The number of rotatable bonds is 6. The molecule has 0 aliphatic heterocycles. The van der Waals surface area contributed by atoms with E-state index in [9.17, 15) is 9.59 Å². The van der Waals surface area contributed by atoms with E-state index in [1.807, 2.05) is 13.8 Å². The number of hydrogen-bond donors (Lipinski definition) is 2. The summed E-state index contributed by atoms with van der Waals surface area (Å²) in [5, 5.41) is 0. The van der Waals surface area contributed by atoms with Crippen LogP contribution in [0.4, 0.5) is 9.59 Å². The summed E-state index contributed by atoms with van der Waals surface area (Å²) in [7, 11) is 0. The second-order valence-corrected chi connectivity index (χ2v) is 3.78. The predicted octanol–water partition coefficient (Wildman–Crippen LogP) is 0.335. The number of amides is 2. The van der Waals surface area contributed by atoms with Crippen molar-refractivity contribution in [2.24, 2.45) is 16.9 Å². The van der Waals surface area contributed by atoms with E-state index >= 15 is 0 Å². The Morgan fingerprint density at radius 3 is 1.75 bits per heavy atom. The zero-order chi connectivity index (χ0) is 11.9. The molecule has 0 aromatic rings. The molecule has 0 spiro atoms. The van der Waals surface area contributed by atoms with E-state index in [1.165, 1.54) is 0 Å². The molecular formula is C9H19KN2O4. The van der Waals surface area contributed by atoms with E-state index in [4.69, 9.17) is 20.9 Å². The Bertz CT molecular complexity index is 218. The van der Waals surface area contributed by atoms with Gasteiger partial charge in [0.05, 0.1) is 0 Å². The number of hydrogen-bond acceptors (Lipinski definition) is 4. The van der Waals surface area contributed by atoms with Gasteiger partial charge in [0.1, 0.15) is 13.2 Å². The van der Waals surface area contributed by atoms with E-state index in [0.29, 0.717) is 0 Å². The van der Waals surface area contributed by atoms with Crippen LogP contribution in [-0.2, 0) is 9.47 Å². The average Bonchev–Trinajstić information content (AvgIpc) is 2.13. The van der Waals surface area contributed by atoms with Crippen molar-refractivity contribution < 1.29 is 19.1 Å². The molecule has 0 radical (unpaired) electrons. The summed E-state index contributed by atoms with van der Waals surface area (Å²) in [5.74, 6) is 0. The molecule has 7 heteroatoms. The average molecular weight is 258 g/mol. The first-order valence-corrected chi connectivity index (χ1v) is 4.74. The molecule has 16 heavy (non-hydrogen) atoms. The standard InChI is InChI=1S/C9H18N2O4.K.H/c1-3-4-9(2,5-14-7(10)12)6-15-8(11)13;;/h3-6H2,1-2H3,(H2,10,12)(H2,11,13);;. The van der Waals surface area contributed by atoms with Gasteiger partial charge in [-0.1, -0.05) is 20.3 Å². The zero-order valence-electron chi connectivity index (χ0n) is 9.12. The van der Waals surface area contributed by atoms with Crippen LogP contribution >= 0.6 is 0 Å². The monoisotopic (exact) mass is 258 g/mol. The molecule has 0 rings (SSSR count). The normalized spacial score (nSPS) is 10.1. The van der Waals surface area contributed by atoms with Crippen molar-refractivity contribution in [3.05, 3.63) is 0 Å². The van der Waals surface area contributed by atoms with Gasteiger partial charge < -0.3 is 20.9 Å². The van der Waals surface area contributed by atoms with Gasteiger partial charge in [-0.15, -0.1) is 0 Å². The summed E-state index contributed by atoms with van der Waals surface area (Å²) in [5.41, 5.74) is 9.28. The van der Waals surface area contributed by atoms with Crippen LogP contribution in [0.2, 0.25) is 0 Å². The Labute approximate surface area is 138 Å². The molecule has 0 aliphatic carbocycles. The van der Waals surface area contributed by atoms with E-state index in [1.54, 1.807) is 0 Å². The van der Waals surface area contributed by atoms with E-state index in [2.05, 4.69) is 0 Å². The van der Waals surface area contributed by atoms with Gasteiger partial charge >= 0.3 is 63.6 Å². The fraction of sp³-hybridized carbons (Fsp3) is 0.778. The van der Waals surface area contributed by atoms with E-state index in [-0.39, 0.29) is 64.6 Å². The first-order valence-electron chi connectivity index (χ1n) is 4.74. The van der Waals surface area contributed by atoms with Crippen LogP contribution in [0.15, 0.2) is 0 Å². The second kappa shape index (κ2) is 9.23. The molecule has 0 saturated heterocycles. The van der Waals surface area contributed by atoms with Crippen LogP contribution < -0.4 is 11.5 Å². The third-order valence-corrected chi connectivity index (χ3v) is 1.98. The predicted molar refractivity (Wildman–Crippen MR) is 61.2 cm³/mol. The van der Waals surface area contributed by atoms with Crippen LogP contribution in [-0.4, -0.2) is 76.8 Å². The first-order chi connectivity index (χ1) is 6.89. The van der Waals surface area contributed by atoms with Gasteiger partial charge in [0.25, 0.3) is 0 Å². The van der Waals surface area contributed by atoms with Crippen molar-refractivity contribution in [1.29, 1.82) is 0 Å². The SMILES string of the molecule is CCCC(C)(COC(N)=O)COC(N)=O.[KH]. The van der Waals surface area contributed by atoms with Gasteiger partial charge in [0, 0.05) is 5.41 Å². The Kier molecular flexibility index (Phi) is 10.7. The van der Waals surface area contributed by atoms with Gasteiger partial charge in [-0.3, -0.25) is 0 Å². The molecular weight excluding hydrogens is 239 g/mol. The molecule has 0 aromatic heterocycles. The second-order valence-electron chi connectivity index (χ2n) is 3.78. The van der Waals surface area contributed by atoms with Crippen molar-refractivity contribution in [1.82, 2.24) is 0 Å². The minimum absolute atomic E-state index is 0. The Morgan fingerprint density at radius 1 is 1.12 bits per heavy atom. The van der Waals surface area contributed by atoms with E-state index < -0.39 is 17.6 Å². The summed E-state index contributed by atoms with van der Waals surface area (Å²) >= 11 is 0. The molecule has 4 N–H and O–H groups in total. The molecule has 0 fully saturated rings. The van der Waals surface area contributed by atoms with Crippen molar-refractivity contribution in [2.75, 3.05) is 13.2 Å². The van der Waals surface area contributed by atoms with E-state index in [0.717, 1.165) is 12.8 Å². The Balaban J connectivity index is 0. The van der Waals surface area contributed by atoms with Gasteiger partial charge in [-0.25, -0.2) is 9.59 Å². The first kappa shape index (κ1) is 18.5. The molecule has 0 saturated carbocycles. The Morgan fingerprint density at radius 2 is 1.50 bits per heavy atom. The third-order valence-electron chi connectivity index (χ3n) is 1.98. The molecule has 6 nitrogen and oxygen atoms in total. The fourth-order valence-corrected chi connectivity index (χ4v) is 1.28.